The van der Waals surface area contributed by atoms with Crippen molar-refractivity contribution in [1.29, 1.82) is 0 Å². The fraction of sp³-hybridized carbons (Fsp3) is 0.625. The molecule has 0 spiro atoms. The van der Waals surface area contributed by atoms with E-state index in [0.717, 1.165) is 5.57 Å². The molecule has 1 saturated carbocycles. The van der Waals surface area contributed by atoms with Crippen LogP contribution in [0.5, 0.6) is 0 Å². The van der Waals surface area contributed by atoms with Crippen LogP contribution in [0.25, 0.3) is 0 Å². The van der Waals surface area contributed by atoms with E-state index in [0.29, 0.717) is 12.8 Å². The van der Waals surface area contributed by atoms with Gasteiger partial charge in [0, 0.05) is 12.3 Å². The third kappa shape index (κ3) is 2.96. The molecule has 1 rings (SSSR count). The average Bonchev–Trinajstić information content (AvgIpc) is 2.36. The molecule has 0 aliphatic heterocycles. The van der Waals surface area contributed by atoms with Crippen LogP contribution in [-0.2, 0) is 14.3 Å². The molecule has 1 fully saturated rings. The molecule has 3 nitrogen and oxygen atoms in total. The number of rotatable bonds is 4. The van der Waals surface area contributed by atoms with Gasteiger partial charge in [-0.05, 0) is 24.7 Å². The van der Waals surface area contributed by atoms with Crippen LogP contribution in [-0.4, -0.2) is 18.9 Å². The van der Waals surface area contributed by atoms with Gasteiger partial charge in [-0.15, -0.1) is 6.58 Å². The SMILES string of the molecule is C=CC1(C)CC(=O)C(C(C)C(=O)OC)CC1C(=C)C. The Morgan fingerprint density at radius 3 is 2.58 bits per heavy atom. The van der Waals surface area contributed by atoms with Gasteiger partial charge in [0.2, 0.25) is 0 Å². The van der Waals surface area contributed by atoms with E-state index in [1.807, 2.05) is 19.9 Å². The zero-order valence-corrected chi connectivity index (χ0v) is 12.4. The molecule has 19 heavy (non-hydrogen) atoms. The van der Waals surface area contributed by atoms with E-state index in [9.17, 15) is 9.59 Å². The molecule has 4 unspecified atom stereocenters. The predicted molar refractivity (Wildman–Crippen MR) is 75.5 cm³/mol. The third-order valence-corrected chi connectivity index (χ3v) is 4.49. The van der Waals surface area contributed by atoms with E-state index >= 15 is 0 Å². The molecule has 0 bridgehead atoms. The summed E-state index contributed by atoms with van der Waals surface area (Å²) in [7, 11) is 1.36. The minimum absolute atomic E-state index is 0.123. The second-order valence-electron chi connectivity index (χ2n) is 5.91. The maximum absolute atomic E-state index is 12.3. The molecule has 4 atom stereocenters. The second-order valence-corrected chi connectivity index (χ2v) is 5.91. The molecular weight excluding hydrogens is 240 g/mol. The fourth-order valence-electron chi connectivity index (χ4n) is 3.10. The average molecular weight is 264 g/mol. The van der Waals surface area contributed by atoms with Gasteiger partial charge in [-0.1, -0.05) is 32.1 Å². The maximum Gasteiger partial charge on any atom is 0.309 e. The van der Waals surface area contributed by atoms with Crippen molar-refractivity contribution >= 4 is 11.8 Å². The van der Waals surface area contributed by atoms with Crippen LogP contribution in [0.1, 0.15) is 33.6 Å². The molecule has 1 aliphatic rings. The van der Waals surface area contributed by atoms with E-state index in [1.54, 1.807) is 6.92 Å². The maximum atomic E-state index is 12.3. The van der Waals surface area contributed by atoms with Gasteiger partial charge in [0.1, 0.15) is 5.78 Å². The lowest BCUT2D eigenvalue weighted by molar-refractivity contribution is -0.151. The molecule has 0 amide bonds. The number of Topliss-reactive ketones (excluding diaryl/α,β-unsaturated/α-hetero) is 1. The minimum Gasteiger partial charge on any atom is -0.469 e. The number of hydrogen-bond donors (Lipinski definition) is 0. The van der Waals surface area contributed by atoms with Crippen molar-refractivity contribution < 1.29 is 14.3 Å². The first kappa shape index (κ1) is 15.7. The molecule has 0 saturated heterocycles. The molecular formula is C16H24O3. The second kappa shape index (κ2) is 5.72. The number of ketones is 1. The Morgan fingerprint density at radius 1 is 1.58 bits per heavy atom. The molecule has 0 heterocycles. The molecule has 1 aliphatic carbocycles. The van der Waals surface area contributed by atoms with E-state index in [1.165, 1.54) is 7.11 Å². The smallest absolute Gasteiger partial charge is 0.309 e. The van der Waals surface area contributed by atoms with Crippen LogP contribution in [0.15, 0.2) is 24.8 Å². The Bertz CT molecular complexity index is 410. The normalized spacial score (nSPS) is 32.5. The third-order valence-electron chi connectivity index (χ3n) is 4.49. The van der Waals surface area contributed by atoms with Crippen molar-refractivity contribution in [2.45, 2.75) is 33.6 Å². The number of carbonyl (C=O) groups excluding carboxylic acids is 2. The quantitative estimate of drug-likeness (QED) is 0.578. The summed E-state index contributed by atoms with van der Waals surface area (Å²) in [6, 6.07) is 0. The van der Waals surface area contributed by atoms with Gasteiger partial charge >= 0.3 is 5.97 Å². The predicted octanol–water partition coefficient (Wildman–Crippen LogP) is 3.16. The summed E-state index contributed by atoms with van der Waals surface area (Å²) in [5, 5.41) is 0. The van der Waals surface area contributed by atoms with Crippen molar-refractivity contribution in [1.82, 2.24) is 0 Å². The van der Waals surface area contributed by atoms with Crippen molar-refractivity contribution in [3.8, 4) is 0 Å². The molecule has 0 aromatic carbocycles. The summed E-state index contributed by atoms with van der Waals surface area (Å²) in [6.45, 7) is 13.7. The summed E-state index contributed by atoms with van der Waals surface area (Å²) in [5.74, 6) is -0.686. The van der Waals surface area contributed by atoms with Crippen molar-refractivity contribution in [2.24, 2.45) is 23.2 Å². The highest BCUT2D eigenvalue weighted by Crippen LogP contribution is 2.47. The summed E-state index contributed by atoms with van der Waals surface area (Å²) in [4.78, 5) is 24.0. The van der Waals surface area contributed by atoms with Gasteiger partial charge in [-0.2, -0.15) is 0 Å². The molecule has 0 aromatic rings. The number of methoxy groups -OCH3 is 1. The van der Waals surface area contributed by atoms with Crippen LogP contribution in [0.4, 0.5) is 0 Å². The van der Waals surface area contributed by atoms with Gasteiger partial charge in [0.25, 0.3) is 0 Å². The Labute approximate surface area is 115 Å². The van der Waals surface area contributed by atoms with E-state index < -0.39 is 5.92 Å². The molecule has 106 valence electrons. The fourth-order valence-corrected chi connectivity index (χ4v) is 3.10. The van der Waals surface area contributed by atoms with Crippen molar-refractivity contribution in [3.05, 3.63) is 24.8 Å². The topological polar surface area (TPSA) is 43.4 Å². The Balaban J connectivity index is 3.02. The highest BCUT2D eigenvalue weighted by Gasteiger charge is 2.45. The van der Waals surface area contributed by atoms with Crippen LogP contribution < -0.4 is 0 Å². The summed E-state index contributed by atoms with van der Waals surface area (Å²) >= 11 is 0. The first-order valence-electron chi connectivity index (χ1n) is 6.66. The monoisotopic (exact) mass is 264 g/mol. The number of esters is 1. The first-order valence-corrected chi connectivity index (χ1v) is 6.66. The minimum atomic E-state index is -0.395. The van der Waals surface area contributed by atoms with Crippen molar-refractivity contribution in [3.63, 3.8) is 0 Å². The van der Waals surface area contributed by atoms with E-state index in [2.05, 4.69) is 13.2 Å². The first-order chi connectivity index (χ1) is 8.76. The Kier molecular flexibility index (Phi) is 4.72. The van der Waals surface area contributed by atoms with Gasteiger partial charge in [-0.25, -0.2) is 0 Å². The lowest BCUT2D eigenvalue weighted by atomic mass is 9.60. The van der Waals surface area contributed by atoms with E-state index in [-0.39, 0.29) is 29.0 Å². The Hall–Kier alpha value is -1.38. The number of allylic oxidation sites excluding steroid dienone is 2. The molecule has 3 heteroatoms. The van der Waals surface area contributed by atoms with Gasteiger partial charge < -0.3 is 4.74 Å². The van der Waals surface area contributed by atoms with E-state index in [4.69, 9.17) is 4.74 Å². The van der Waals surface area contributed by atoms with Crippen LogP contribution in [0.3, 0.4) is 0 Å². The highest BCUT2D eigenvalue weighted by molar-refractivity contribution is 5.88. The summed E-state index contributed by atoms with van der Waals surface area (Å²) < 4.78 is 4.75. The van der Waals surface area contributed by atoms with Crippen LogP contribution in [0.2, 0.25) is 0 Å². The molecule has 0 aromatic heterocycles. The van der Waals surface area contributed by atoms with Crippen molar-refractivity contribution in [2.75, 3.05) is 7.11 Å². The molecule has 0 radical (unpaired) electrons. The lowest BCUT2D eigenvalue weighted by Gasteiger charge is -2.43. The molecule has 0 N–H and O–H groups in total. The summed E-state index contributed by atoms with van der Waals surface area (Å²) in [6.07, 6.45) is 2.91. The number of carbonyl (C=O) groups is 2. The number of hydrogen-bond acceptors (Lipinski definition) is 3. The zero-order chi connectivity index (χ0) is 14.8. The van der Waals surface area contributed by atoms with Gasteiger partial charge in [0.15, 0.2) is 0 Å². The highest BCUT2D eigenvalue weighted by atomic mass is 16.5. The largest absolute Gasteiger partial charge is 0.469 e. The van der Waals surface area contributed by atoms with Gasteiger partial charge in [-0.3, -0.25) is 9.59 Å². The van der Waals surface area contributed by atoms with Crippen LogP contribution >= 0.6 is 0 Å². The summed E-state index contributed by atoms with van der Waals surface area (Å²) in [5.41, 5.74) is 0.784. The Morgan fingerprint density at radius 2 is 2.16 bits per heavy atom. The number of ether oxygens (including phenoxy) is 1. The van der Waals surface area contributed by atoms with Crippen LogP contribution in [0, 0.1) is 23.2 Å². The zero-order valence-electron chi connectivity index (χ0n) is 12.4. The standard InChI is InChI=1S/C16H24O3/c1-7-16(5)9-14(17)12(8-13(16)10(2)3)11(4)15(18)19-6/h7,11-13H,1-2,8-9H2,3-6H3. The lowest BCUT2D eigenvalue weighted by Crippen LogP contribution is -2.42. The van der Waals surface area contributed by atoms with Gasteiger partial charge in [0.05, 0.1) is 13.0 Å².